The van der Waals surface area contributed by atoms with Crippen LogP contribution >= 0.6 is 23.1 Å². The summed E-state index contributed by atoms with van der Waals surface area (Å²) in [6.07, 6.45) is 0. The van der Waals surface area contributed by atoms with Crippen molar-refractivity contribution in [1.29, 1.82) is 0 Å². The molecule has 0 radical (unpaired) electrons. The van der Waals surface area contributed by atoms with Gasteiger partial charge in [0.05, 0.1) is 11.0 Å². The van der Waals surface area contributed by atoms with Gasteiger partial charge in [-0.2, -0.15) is 0 Å². The van der Waals surface area contributed by atoms with E-state index >= 15 is 0 Å². The molecule has 0 saturated carbocycles. The minimum absolute atomic E-state index is 0.182. The zero-order valence-corrected chi connectivity index (χ0v) is 15.7. The number of benzene rings is 2. The third-order valence-electron chi connectivity index (χ3n) is 3.80. The molecule has 5 nitrogen and oxygen atoms in total. The van der Waals surface area contributed by atoms with Crippen LogP contribution in [0.3, 0.4) is 0 Å². The van der Waals surface area contributed by atoms with Crippen LogP contribution < -0.4 is 5.32 Å². The molecule has 4 aromatic rings. The van der Waals surface area contributed by atoms with E-state index in [1.165, 1.54) is 0 Å². The quantitative estimate of drug-likeness (QED) is 0.485. The fourth-order valence-electron chi connectivity index (χ4n) is 2.49. The van der Waals surface area contributed by atoms with Gasteiger partial charge in [-0.05, 0) is 36.8 Å². The fraction of sp³-hybridized carbons (Fsp3) is 0.105. The molecule has 4 rings (SSSR count). The SMILES string of the molecule is Cc1csc(SCc2ccc(C(=O)Nc3nc4ccccc4[nH]3)cc2)n1. The van der Waals surface area contributed by atoms with E-state index in [9.17, 15) is 4.79 Å². The van der Waals surface area contributed by atoms with Crippen LogP contribution in [0, 0.1) is 6.92 Å². The molecule has 0 aliphatic rings. The lowest BCUT2D eigenvalue weighted by molar-refractivity contribution is 0.102. The number of hydrogen-bond donors (Lipinski definition) is 2. The van der Waals surface area contributed by atoms with Crippen molar-refractivity contribution in [2.24, 2.45) is 0 Å². The van der Waals surface area contributed by atoms with Crippen molar-refractivity contribution in [3.05, 3.63) is 70.7 Å². The summed E-state index contributed by atoms with van der Waals surface area (Å²) in [5.41, 5.74) is 4.53. The zero-order valence-electron chi connectivity index (χ0n) is 14.0. The Morgan fingerprint density at radius 2 is 1.96 bits per heavy atom. The Kier molecular flexibility index (Phi) is 4.73. The molecule has 130 valence electrons. The molecule has 0 saturated heterocycles. The number of thioether (sulfide) groups is 1. The standard InChI is InChI=1S/C19H16N4OS2/c1-12-10-25-19(20-12)26-11-13-6-8-14(9-7-13)17(24)23-18-21-15-4-2-3-5-16(15)22-18/h2-10H,11H2,1H3,(H2,21,22,23,24). The number of aromatic nitrogens is 3. The van der Waals surface area contributed by atoms with Gasteiger partial charge in [0.1, 0.15) is 4.34 Å². The van der Waals surface area contributed by atoms with Crippen LogP contribution in [-0.4, -0.2) is 20.9 Å². The van der Waals surface area contributed by atoms with Gasteiger partial charge in [0.2, 0.25) is 5.95 Å². The highest BCUT2D eigenvalue weighted by molar-refractivity contribution is 8.00. The molecule has 0 aliphatic carbocycles. The van der Waals surface area contributed by atoms with E-state index in [1.807, 2.05) is 60.8 Å². The highest BCUT2D eigenvalue weighted by Gasteiger charge is 2.09. The first-order chi connectivity index (χ1) is 12.7. The summed E-state index contributed by atoms with van der Waals surface area (Å²) < 4.78 is 1.06. The highest BCUT2D eigenvalue weighted by atomic mass is 32.2. The molecule has 0 fully saturated rings. The maximum Gasteiger partial charge on any atom is 0.257 e. The molecule has 7 heteroatoms. The maximum atomic E-state index is 12.4. The molecular weight excluding hydrogens is 364 g/mol. The molecule has 0 atom stereocenters. The second-order valence-electron chi connectivity index (χ2n) is 5.80. The number of carbonyl (C=O) groups excluding carboxylic acids is 1. The molecule has 1 amide bonds. The number of carbonyl (C=O) groups is 1. The minimum Gasteiger partial charge on any atom is -0.324 e. The smallest absolute Gasteiger partial charge is 0.257 e. The molecule has 2 N–H and O–H groups in total. The molecule has 0 unspecified atom stereocenters. The van der Waals surface area contributed by atoms with Gasteiger partial charge in [0, 0.05) is 22.4 Å². The van der Waals surface area contributed by atoms with Crippen molar-refractivity contribution in [2.45, 2.75) is 17.0 Å². The van der Waals surface area contributed by atoms with Crippen LogP contribution in [-0.2, 0) is 5.75 Å². The summed E-state index contributed by atoms with van der Waals surface area (Å²) in [6.45, 7) is 2.00. The van der Waals surface area contributed by atoms with Crippen molar-refractivity contribution in [3.8, 4) is 0 Å². The third-order valence-corrected chi connectivity index (χ3v) is 6.01. The topological polar surface area (TPSA) is 70.7 Å². The lowest BCUT2D eigenvalue weighted by atomic mass is 10.1. The first kappa shape index (κ1) is 16.8. The highest BCUT2D eigenvalue weighted by Crippen LogP contribution is 2.26. The number of nitrogens with zero attached hydrogens (tertiary/aromatic N) is 2. The van der Waals surface area contributed by atoms with Crippen molar-refractivity contribution < 1.29 is 4.79 Å². The van der Waals surface area contributed by atoms with E-state index in [0.717, 1.165) is 32.4 Å². The number of fused-ring (bicyclic) bond motifs is 1. The lowest BCUT2D eigenvalue weighted by Gasteiger charge is -2.04. The largest absolute Gasteiger partial charge is 0.324 e. The lowest BCUT2D eigenvalue weighted by Crippen LogP contribution is -2.12. The van der Waals surface area contributed by atoms with Crippen LogP contribution in [0.5, 0.6) is 0 Å². The summed E-state index contributed by atoms with van der Waals surface area (Å²) in [7, 11) is 0. The first-order valence-corrected chi connectivity index (χ1v) is 9.94. The summed E-state index contributed by atoms with van der Waals surface area (Å²) >= 11 is 3.36. The van der Waals surface area contributed by atoms with Gasteiger partial charge in [-0.3, -0.25) is 10.1 Å². The van der Waals surface area contributed by atoms with Crippen LogP contribution in [0.2, 0.25) is 0 Å². The molecule has 2 heterocycles. The Bertz CT molecular complexity index is 1020. The van der Waals surface area contributed by atoms with E-state index in [1.54, 1.807) is 23.1 Å². The Morgan fingerprint density at radius 3 is 2.69 bits per heavy atom. The number of rotatable bonds is 5. The third kappa shape index (κ3) is 3.79. The van der Waals surface area contributed by atoms with Crippen molar-refractivity contribution >= 4 is 46.0 Å². The van der Waals surface area contributed by atoms with Crippen LogP contribution in [0.25, 0.3) is 11.0 Å². The van der Waals surface area contributed by atoms with Gasteiger partial charge < -0.3 is 4.98 Å². The van der Waals surface area contributed by atoms with Crippen molar-refractivity contribution in [1.82, 2.24) is 15.0 Å². The average molecular weight is 380 g/mol. The van der Waals surface area contributed by atoms with E-state index in [-0.39, 0.29) is 5.91 Å². The van der Waals surface area contributed by atoms with Crippen LogP contribution in [0.4, 0.5) is 5.95 Å². The van der Waals surface area contributed by atoms with Gasteiger partial charge in [0.25, 0.3) is 5.91 Å². The summed E-state index contributed by atoms with van der Waals surface area (Å²) in [5, 5.41) is 4.86. The number of anilines is 1. The predicted octanol–water partition coefficient (Wildman–Crippen LogP) is 4.87. The number of amides is 1. The number of hydrogen-bond acceptors (Lipinski definition) is 5. The Balaban J connectivity index is 1.40. The first-order valence-electron chi connectivity index (χ1n) is 8.07. The van der Waals surface area contributed by atoms with Gasteiger partial charge in [0.15, 0.2) is 0 Å². The van der Waals surface area contributed by atoms with Crippen molar-refractivity contribution in [2.75, 3.05) is 5.32 Å². The predicted molar refractivity (Wildman–Crippen MR) is 107 cm³/mol. The normalized spacial score (nSPS) is 11.0. The monoisotopic (exact) mass is 380 g/mol. The summed E-state index contributed by atoms with van der Waals surface area (Å²) in [4.78, 5) is 24.3. The molecule has 0 bridgehead atoms. The number of nitrogens with one attached hydrogen (secondary N) is 2. The Hall–Kier alpha value is -2.64. The molecular formula is C19H16N4OS2. The molecule has 2 aromatic heterocycles. The molecule has 0 aliphatic heterocycles. The second kappa shape index (κ2) is 7.31. The number of para-hydroxylation sites is 2. The van der Waals surface area contributed by atoms with Crippen LogP contribution in [0.15, 0.2) is 58.3 Å². The average Bonchev–Trinajstić information content (AvgIpc) is 3.25. The number of thiazole rings is 1. The van der Waals surface area contributed by atoms with Gasteiger partial charge in [-0.1, -0.05) is 36.0 Å². The number of H-pyrrole nitrogens is 1. The molecule has 0 spiro atoms. The van der Waals surface area contributed by atoms with E-state index in [4.69, 9.17) is 0 Å². The van der Waals surface area contributed by atoms with Gasteiger partial charge in [-0.25, -0.2) is 9.97 Å². The number of aryl methyl sites for hydroxylation is 1. The number of imidazole rings is 1. The fourth-order valence-corrected chi connectivity index (χ4v) is 4.29. The summed E-state index contributed by atoms with van der Waals surface area (Å²) in [5.74, 6) is 1.10. The van der Waals surface area contributed by atoms with Gasteiger partial charge in [-0.15, -0.1) is 11.3 Å². The molecule has 2 aromatic carbocycles. The summed E-state index contributed by atoms with van der Waals surface area (Å²) in [6, 6.07) is 15.3. The van der Waals surface area contributed by atoms with Crippen LogP contribution in [0.1, 0.15) is 21.6 Å². The Labute approximate surface area is 158 Å². The second-order valence-corrected chi connectivity index (χ2v) is 7.88. The number of aromatic amines is 1. The van der Waals surface area contributed by atoms with Crippen molar-refractivity contribution in [3.63, 3.8) is 0 Å². The Morgan fingerprint density at radius 1 is 1.15 bits per heavy atom. The molecule has 26 heavy (non-hydrogen) atoms. The minimum atomic E-state index is -0.182. The van der Waals surface area contributed by atoms with E-state index < -0.39 is 0 Å². The van der Waals surface area contributed by atoms with Gasteiger partial charge >= 0.3 is 0 Å². The zero-order chi connectivity index (χ0) is 17.9. The van der Waals surface area contributed by atoms with E-state index in [0.29, 0.717) is 11.5 Å². The maximum absolute atomic E-state index is 12.4. The van der Waals surface area contributed by atoms with E-state index in [2.05, 4.69) is 20.3 Å².